The number of fused-ring (bicyclic) bond motifs is 1. The maximum atomic E-state index is 13.7. The van der Waals surface area contributed by atoms with Crippen LogP contribution in [0.25, 0.3) is 16.9 Å². The first-order valence-electron chi connectivity index (χ1n) is 10.1. The van der Waals surface area contributed by atoms with Gasteiger partial charge in [0.2, 0.25) is 0 Å². The molecule has 0 aliphatic heterocycles. The van der Waals surface area contributed by atoms with E-state index in [0.717, 1.165) is 29.7 Å². The maximum Gasteiger partial charge on any atom is 0.180 e. The van der Waals surface area contributed by atoms with Gasteiger partial charge in [-0.05, 0) is 42.5 Å². The molecule has 0 saturated carbocycles. The quantitative estimate of drug-likeness (QED) is 0.462. The van der Waals surface area contributed by atoms with Crippen molar-refractivity contribution in [2.75, 3.05) is 11.9 Å². The van der Waals surface area contributed by atoms with E-state index < -0.39 is 5.82 Å². The highest BCUT2D eigenvalue weighted by molar-refractivity contribution is 5.69. The molecule has 30 heavy (non-hydrogen) atoms. The Morgan fingerprint density at radius 2 is 1.97 bits per heavy atom. The van der Waals surface area contributed by atoms with Gasteiger partial charge in [0, 0.05) is 36.4 Å². The minimum Gasteiger partial charge on any atom is -0.508 e. The van der Waals surface area contributed by atoms with Crippen molar-refractivity contribution in [1.82, 2.24) is 19.4 Å². The predicted octanol–water partition coefficient (Wildman–Crippen LogP) is 4.80. The van der Waals surface area contributed by atoms with Gasteiger partial charge in [0.25, 0.3) is 0 Å². The van der Waals surface area contributed by atoms with Gasteiger partial charge in [-0.15, -0.1) is 0 Å². The molecule has 0 fully saturated rings. The molecule has 0 aliphatic rings. The summed E-state index contributed by atoms with van der Waals surface area (Å²) in [6.07, 6.45) is 8.31. The number of rotatable bonds is 7. The van der Waals surface area contributed by atoms with Crippen molar-refractivity contribution in [3.63, 3.8) is 0 Å². The number of nitrogens with one attached hydrogen (secondary N) is 1. The summed E-state index contributed by atoms with van der Waals surface area (Å²) in [5.41, 5.74) is 4.17. The molecule has 6 nitrogen and oxygen atoms in total. The Morgan fingerprint density at radius 3 is 2.70 bits per heavy atom. The Labute approximate surface area is 174 Å². The molecule has 0 amide bonds. The van der Waals surface area contributed by atoms with Gasteiger partial charge in [-0.3, -0.25) is 9.38 Å². The van der Waals surface area contributed by atoms with E-state index in [1.807, 2.05) is 28.9 Å². The third-order valence-corrected chi connectivity index (χ3v) is 5.28. The van der Waals surface area contributed by atoms with Gasteiger partial charge in [0.15, 0.2) is 11.5 Å². The average Bonchev–Trinajstić information content (AvgIpc) is 3.19. The number of hydrogen-bond acceptors (Lipinski definition) is 5. The van der Waals surface area contributed by atoms with E-state index in [2.05, 4.69) is 29.1 Å². The Bertz CT molecular complexity index is 1160. The number of phenols is 1. The fraction of sp³-hybridized carbons (Fsp3) is 0.261. The highest BCUT2D eigenvalue weighted by atomic mass is 19.1. The van der Waals surface area contributed by atoms with Gasteiger partial charge in [-0.1, -0.05) is 26.0 Å². The normalized spacial score (nSPS) is 12.2. The summed E-state index contributed by atoms with van der Waals surface area (Å²) in [4.78, 5) is 13.3. The number of halogens is 1. The van der Waals surface area contributed by atoms with E-state index >= 15 is 0 Å². The second-order valence-corrected chi connectivity index (χ2v) is 7.40. The second kappa shape index (κ2) is 8.49. The number of aromatic nitrogens is 4. The zero-order valence-corrected chi connectivity index (χ0v) is 17.0. The summed E-state index contributed by atoms with van der Waals surface area (Å²) in [7, 11) is 0. The van der Waals surface area contributed by atoms with E-state index in [1.165, 1.54) is 12.3 Å². The van der Waals surface area contributed by atoms with E-state index in [9.17, 15) is 9.50 Å². The minimum absolute atomic E-state index is 0.251. The zero-order chi connectivity index (χ0) is 21.1. The predicted molar refractivity (Wildman–Crippen MR) is 115 cm³/mol. The lowest BCUT2D eigenvalue weighted by Gasteiger charge is -2.13. The first-order chi connectivity index (χ1) is 14.5. The van der Waals surface area contributed by atoms with Crippen LogP contribution in [-0.2, 0) is 6.42 Å². The van der Waals surface area contributed by atoms with Crippen molar-refractivity contribution in [2.45, 2.75) is 32.6 Å². The highest BCUT2D eigenvalue weighted by Gasteiger charge is 2.16. The third-order valence-electron chi connectivity index (χ3n) is 5.28. The van der Waals surface area contributed by atoms with Crippen LogP contribution < -0.4 is 5.32 Å². The van der Waals surface area contributed by atoms with Crippen LogP contribution in [0.5, 0.6) is 5.75 Å². The number of hydrogen-bond donors (Lipinski definition) is 2. The fourth-order valence-electron chi connectivity index (χ4n) is 3.38. The molecule has 0 saturated heterocycles. The summed E-state index contributed by atoms with van der Waals surface area (Å²) >= 11 is 0. The molecule has 1 unspecified atom stereocenters. The van der Waals surface area contributed by atoms with Crippen molar-refractivity contribution in [3.8, 4) is 17.0 Å². The van der Waals surface area contributed by atoms with Gasteiger partial charge in [-0.2, -0.15) is 0 Å². The fourth-order valence-corrected chi connectivity index (χ4v) is 3.38. The lowest BCUT2D eigenvalue weighted by molar-refractivity contribution is 0.475. The molecule has 154 valence electrons. The Morgan fingerprint density at radius 1 is 1.17 bits per heavy atom. The van der Waals surface area contributed by atoms with Crippen LogP contribution in [0, 0.1) is 5.82 Å². The number of nitrogens with zero attached hydrogens (tertiary/aromatic N) is 4. The van der Waals surface area contributed by atoms with Crippen molar-refractivity contribution in [1.29, 1.82) is 0 Å². The van der Waals surface area contributed by atoms with Crippen molar-refractivity contribution in [2.24, 2.45) is 0 Å². The lowest BCUT2D eigenvalue weighted by Crippen LogP contribution is -2.09. The molecule has 7 heteroatoms. The Balaban J connectivity index is 1.69. The summed E-state index contributed by atoms with van der Waals surface area (Å²) in [5, 5.41) is 12.8. The molecular formula is C23H24FN5O. The van der Waals surface area contributed by atoms with Crippen LogP contribution in [0.3, 0.4) is 0 Å². The molecule has 3 aromatic heterocycles. The standard InChI is InChI=1S/C23H24FN5O/c1-3-15(2)21-13-27-23-22(26-9-8-16-4-6-19(30)7-5-16)28-20(14-29(21)23)17-10-18(24)12-25-11-17/h4-7,10-15,30H,3,8-9H2,1-2H3,(H,26,28). The van der Waals surface area contributed by atoms with Crippen LogP contribution in [0.2, 0.25) is 0 Å². The largest absolute Gasteiger partial charge is 0.508 e. The highest BCUT2D eigenvalue weighted by Crippen LogP contribution is 2.27. The molecule has 1 aromatic carbocycles. The maximum absolute atomic E-state index is 13.7. The van der Waals surface area contributed by atoms with Crippen LogP contribution in [0.4, 0.5) is 10.2 Å². The minimum atomic E-state index is -0.399. The number of aromatic hydroxyl groups is 1. The topological polar surface area (TPSA) is 75.3 Å². The molecule has 0 radical (unpaired) electrons. The first-order valence-corrected chi connectivity index (χ1v) is 10.1. The molecular weight excluding hydrogens is 381 g/mol. The molecule has 1 atom stereocenters. The number of benzene rings is 1. The number of phenolic OH excluding ortho intramolecular Hbond substituents is 1. The number of pyridine rings is 1. The van der Waals surface area contributed by atoms with E-state index in [1.54, 1.807) is 18.3 Å². The number of anilines is 1. The molecule has 4 rings (SSSR count). The van der Waals surface area contributed by atoms with Crippen molar-refractivity contribution >= 4 is 11.5 Å². The average molecular weight is 405 g/mol. The molecule has 0 bridgehead atoms. The van der Waals surface area contributed by atoms with Crippen molar-refractivity contribution in [3.05, 3.63) is 72.2 Å². The zero-order valence-electron chi connectivity index (χ0n) is 17.0. The molecule has 0 spiro atoms. The van der Waals surface area contributed by atoms with Gasteiger partial charge in [0.1, 0.15) is 11.6 Å². The van der Waals surface area contributed by atoms with E-state index in [0.29, 0.717) is 29.5 Å². The summed E-state index contributed by atoms with van der Waals surface area (Å²) < 4.78 is 15.8. The van der Waals surface area contributed by atoms with Crippen LogP contribution in [-0.4, -0.2) is 31.0 Å². The van der Waals surface area contributed by atoms with Gasteiger partial charge in [-0.25, -0.2) is 14.4 Å². The monoisotopic (exact) mass is 405 g/mol. The Kier molecular flexibility index (Phi) is 5.61. The van der Waals surface area contributed by atoms with E-state index in [4.69, 9.17) is 4.98 Å². The smallest absolute Gasteiger partial charge is 0.180 e. The summed E-state index contributed by atoms with van der Waals surface area (Å²) in [6, 6.07) is 8.57. The van der Waals surface area contributed by atoms with Gasteiger partial charge >= 0.3 is 0 Å². The van der Waals surface area contributed by atoms with Gasteiger partial charge in [0.05, 0.1) is 11.9 Å². The van der Waals surface area contributed by atoms with Crippen LogP contribution in [0.1, 0.15) is 37.4 Å². The van der Waals surface area contributed by atoms with Crippen molar-refractivity contribution < 1.29 is 9.50 Å². The van der Waals surface area contributed by atoms with Crippen LogP contribution in [0.15, 0.2) is 55.1 Å². The number of imidazole rings is 1. The van der Waals surface area contributed by atoms with Crippen LogP contribution >= 0.6 is 0 Å². The first kappa shape index (κ1) is 19.8. The molecule has 3 heterocycles. The van der Waals surface area contributed by atoms with Gasteiger partial charge < -0.3 is 10.4 Å². The lowest BCUT2D eigenvalue weighted by atomic mass is 10.1. The molecule has 4 aromatic rings. The summed E-state index contributed by atoms with van der Waals surface area (Å²) in [6.45, 7) is 4.94. The molecule has 2 N–H and O–H groups in total. The third kappa shape index (κ3) is 4.10. The SMILES string of the molecule is CCC(C)c1cnc2c(NCCc3ccc(O)cc3)nc(-c3cncc(F)c3)cn12. The Hall–Kier alpha value is -3.48. The second-order valence-electron chi connectivity index (χ2n) is 7.40. The molecule has 0 aliphatic carbocycles. The van der Waals surface area contributed by atoms with E-state index in [-0.39, 0.29) is 5.75 Å². The summed E-state index contributed by atoms with van der Waals surface area (Å²) in [5.74, 6) is 0.821.